The van der Waals surface area contributed by atoms with Gasteiger partial charge in [0.05, 0.1) is 29.5 Å². The van der Waals surface area contributed by atoms with Gasteiger partial charge in [0.15, 0.2) is 0 Å². The number of hydrogen-bond acceptors (Lipinski definition) is 11. The molecular formula is C74H85F7N8O8. The smallest absolute Gasteiger partial charge is 0.416 e. The molecule has 6 aromatic carbocycles. The van der Waals surface area contributed by atoms with Crippen LogP contribution in [0, 0.1) is 5.82 Å². The highest BCUT2D eigenvalue weighted by Crippen LogP contribution is 2.49. The van der Waals surface area contributed by atoms with Crippen molar-refractivity contribution in [3.63, 3.8) is 0 Å². The van der Waals surface area contributed by atoms with Crippen LogP contribution in [0.4, 0.5) is 52.6 Å². The molecule has 3 saturated heterocycles. The molecule has 0 aromatic heterocycles. The number of nitrogens with zero attached hydrogens (tertiary/aromatic N) is 6. The van der Waals surface area contributed by atoms with E-state index in [0.29, 0.717) is 88.2 Å². The molecule has 4 aliphatic rings. The number of carbonyl (C=O) groups excluding carboxylic acids is 5. The van der Waals surface area contributed by atoms with E-state index in [1.165, 1.54) is 24.3 Å². The maximum absolute atomic E-state index is 14.2. The molecule has 0 saturated carbocycles. The number of fused-ring (bicyclic) bond motifs is 2. The lowest BCUT2D eigenvalue weighted by Gasteiger charge is -2.44. The van der Waals surface area contributed by atoms with Gasteiger partial charge in [-0.15, -0.1) is 0 Å². The van der Waals surface area contributed by atoms with E-state index in [2.05, 4.69) is 32.6 Å². The maximum atomic E-state index is 14.2. The van der Waals surface area contributed by atoms with E-state index >= 15 is 0 Å². The van der Waals surface area contributed by atoms with Crippen LogP contribution in [0.3, 0.4) is 0 Å². The standard InChI is InChI=1S/C74H85F7N8O8/c1-84(37-14-22-67(91)86(3)60-29-27-59(28-30-60)82-36-13-5-8-21-66(90)85(2)43-44-87-38-31-61(32-39-87)97-70(94)83-64-20-12-10-18-62(64)52-15-6-4-7-16-52)68(92)49-95-65-47-53-17-9-11-19-63(53)71(65)33-40-88(41-34-71)42-35-72(55-23-25-58(75)26-24-55)50-89(51-96-72)69(93)54-45-56(73(76,77)78)48-57(46-54)74(79,80)81/h4,6-7,9-12,15-20,23-30,45-46,48,61,65,82H,5,8,13-14,21-22,31-44,47,49-51H2,1-3H3,(H,83,94)/t65-,72-/m0/s1. The summed E-state index contributed by atoms with van der Waals surface area (Å²) in [5.74, 6) is -1.80. The molecule has 5 amide bonds. The van der Waals surface area contributed by atoms with E-state index in [4.69, 9.17) is 14.2 Å². The molecular weight excluding hydrogens is 1260 g/mol. The fraction of sp³-hybridized carbons (Fsp3) is 0.446. The average molecular weight is 1350 g/mol. The van der Waals surface area contributed by atoms with E-state index in [1.54, 1.807) is 28.8 Å². The number of amides is 5. The minimum Gasteiger partial charge on any atom is -0.446 e. The van der Waals surface area contributed by atoms with Gasteiger partial charge in [-0.3, -0.25) is 24.5 Å². The molecule has 2 N–H and O–H groups in total. The number of anilines is 3. The first-order chi connectivity index (χ1) is 46.5. The number of hydrogen-bond donors (Lipinski definition) is 2. The second kappa shape index (κ2) is 31.9. The van der Waals surface area contributed by atoms with E-state index in [-0.39, 0.29) is 62.0 Å². The Kier molecular flexibility index (Phi) is 23.5. The van der Waals surface area contributed by atoms with Gasteiger partial charge in [-0.2, -0.15) is 26.3 Å². The molecule has 2 atom stereocenters. The van der Waals surface area contributed by atoms with E-state index in [1.807, 2.05) is 98.0 Å². The third-order valence-electron chi connectivity index (χ3n) is 19.6. The van der Waals surface area contributed by atoms with Gasteiger partial charge in [0.25, 0.3) is 5.91 Å². The average Bonchev–Trinajstić information content (AvgIpc) is 1.61. The Hall–Kier alpha value is -8.38. The fourth-order valence-electron chi connectivity index (χ4n) is 13.7. The zero-order chi connectivity index (χ0) is 68.9. The van der Waals surface area contributed by atoms with Gasteiger partial charge in [0.1, 0.15) is 30.9 Å². The van der Waals surface area contributed by atoms with E-state index in [9.17, 15) is 54.7 Å². The molecule has 6 aromatic rings. The molecule has 97 heavy (non-hydrogen) atoms. The number of halogens is 7. The number of benzene rings is 6. The van der Waals surface area contributed by atoms with Crippen molar-refractivity contribution in [1.29, 1.82) is 0 Å². The highest BCUT2D eigenvalue weighted by atomic mass is 19.4. The normalized spacial score (nSPS) is 18.2. The van der Waals surface area contributed by atoms with Crippen LogP contribution in [0.25, 0.3) is 11.1 Å². The number of para-hydroxylation sites is 1. The summed E-state index contributed by atoms with van der Waals surface area (Å²) < 4.78 is 116. The predicted octanol–water partition coefficient (Wildman–Crippen LogP) is 13.3. The van der Waals surface area contributed by atoms with Crippen molar-refractivity contribution in [2.75, 3.05) is 115 Å². The first-order valence-electron chi connectivity index (χ1n) is 33.3. The molecule has 1 aliphatic carbocycles. The molecule has 16 nitrogen and oxygen atoms in total. The van der Waals surface area contributed by atoms with Crippen molar-refractivity contribution in [2.45, 2.75) is 113 Å². The van der Waals surface area contributed by atoms with Crippen molar-refractivity contribution in [2.24, 2.45) is 0 Å². The number of ether oxygens (including phenoxy) is 3. The van der Waals surface area contributed by atoms with Gasteiger partial charge in [0.2, 0.25) is 17.7 Å². The van der Waals surface area contributed by atoms with Crippen LogP contribution in [-0.2, 0) is 58.4 Å². The molecule has 3 aliphatic heterocycles. The summed E-state index contributed by atoms with van der Waals surface area (Å²) >= 11 is 0. The summed E-state index contributed by atoms with van der Waals surface area (Å²) in [6, 6.07) is 39.6. The van der Waals surface area contributed by atoms with Crippen LogP contribution in [0.5, 0.6) is 0 Å². The van der Waals surface area contributed by atoms with Crippen LogP contribution in [-0.4, -0.2) is 166 Å². The summed E-state index contributed by atoms with van der Waals surface area (Å²) in [5.41, 5.74) is 1.39. The van der Waals surface area contributed by atoms with Crippen LogP contribution in [0.15, 0.2) is 146 Å². The van der Waals surface area contributed by atoms with Crippen LogP contribution >= 0.6 is 0 Å². The molecule has 1 spiro atoms. The number of rotatable bonds is 26. The number of likely N-dealkylation sites (tertiary alicyclic amines) is 2. The summed E-state index contributed by atoms with van der Waals surface area (Å²) in [7, 11) is 5.28. The Balaban J connectivity index is 0.604. The third-order valence-corrected chi connectivity index (χ3v) is 19.6. The zero-order valence-electron chi connectivity index (χ0n) is 55.1. The first kappa shape index (κ1) is 71.4. The summed E-state index contributed by atoms with van der Waals surface area (Å²) in [5, 5.41) is 6.37. The molecule has 0 bridgehead atoms. The SMILES string of the molecule is CN(CCN1CCC(OC(=O)Nc2ccccc2-c2ccccc2)CC1)C(=O)CCCCCNc1ccc(N(C)C(=O)CCCN(C)C(=O)CO[C@H]2Cc3ccccc3C23CCN(CC[C@@]2(c4ccc(F)cc4)CN(C(=O)c4cc(C(F)(F)F)cc(C(F)(F)F)c4)CO2)CC3)cc1. The second-order valence-corrected chi connectivity index (χ2v) is 25.9. The maximum Gasteiger partial charge on any atom is 0.416 e. The predicted molar refractivity (Wildman–Crippen MR) is 356 cm³/mol. The highest BCUT2D eigenvalue weighted by Gasteiger charge is 2.50. The Labute approximate surface area is 562 Å². The molecule has 0 radical (unpaired) electrons. The second-order valence-electron chi connectivity index (χ2n) is 25.9. The summed E-state index contributed by atoms with van der Waals surface area (Å²) in [6.45, 7) is 4.85. The number of piperidine rings is 2. The van der Waals surface area contributed by atoms with Gasteiger partial charge < -0.3 is 48.9 Å². The zero-order valence-corrected chi connectivity index (χ0v) is 55.1. The van der Waals surface area contributed by atoms with E-state index < -0.39 is 64.6 Å². The van der Waals surface area contributed by atoms with Crippen molar-refractivity contribution in [3.8, 4) is 11.1 Å². The van der Waals surface area contributed by atoms with Gasteiger partial charge in [-0.1, -0.05) is 91.3 Å². The Morgan fingerprint density at radius 3 is 2.00 bits per heavy atom. The quantitative estimate of drug-likeness (QED) is 0.0394. The van der Waals surface area contributed by atoms with Crippen LogP contribution < -0.4 is 15.5 Å². The fourth-order valence-corrected chi connectivity index (χ4v) is 13.7. The molecule has 0 unspecified atom stereocenters. The van der Waals surface area contributed by atoms with Gasteiger partial charge >= 0.3 is 18.4 Å². The Morgan fingerprint density at radius 1 is 0.660 bits per heavy atom. The lowest BCUT2D eigenvalue weighted by atomic mass is 9.72. The minimum absolute atomic E-state index is 0.0292. The molecule has 518 valence electrons. The number of likely N-dealkylation sites (N-methyl/N-ethyl adjacent to an activating group) is 2. The van der Waals surface area contributed by atoms with Gasteiger partial charge in [-0.25, -0.2) is 9.18 Å². The monoisotopic (exact) mass is 1350 g/mol. The molecule has 3 fully saturated rings. The van der Waals surface area contributed by atoms with E-state index in [0.717, 1.165) is 96.8 Å². The summed E-state index contributed by atoms with van der Waals surface area (Å²) in [4.78, 5) is 77.2. The van der Waals surface area contributed by atoms with Gasteiger partial charge in [-0.05, 0) is 154 Å². The van der Waals surface area contributed by atoms with Crippen molar-refractivity contribution < 1.29 is 68.9 Å². The molecule has 10 rings (SSSR count). The molecule has 23 heteroatoms. The van der Waals surface area contributed by atoms with Crippen LogP contribution in [0.2, 0.25) is 0 Å². The topological polar surface area (TPSA) is 157 Å². The minimum atomic E-state index is -5.15. The molecule has 3 heterocycles. The van der Waals surface area contributed by atoms with Crippen LogP contribution in [0.1, 0.15) is 109 Å². The largest absolute Gasteiger partial charge is 0.446 e. The highest BCUT2D eigenvalue weighted by molar-refractivity contribution is 5.95. The summed E-state index contributed by atoms with van der Waals surface area (Å²) in [6.07, 6.45) is -3.89. The van der Waals surface area contributed by atoms with Crippen molar-refractivity contribution in [3.05, 3.63) is 185 Å². The number of carbonyl (C=O) groups is 5. The van der Waals surface area contributed by atoms with Crippen molar-refractivity contribution >= 4 is 46.8 Å². The lowest BCUT2D eigenvalue weighted by Crippen LogP contribution is -2.50. The third kappa shape index (κ3) is 18.2. The Morgan fingerprint density at radius 2 is 1.30 bits per heavy atom. The number of alkyl halides is 6. The van der Waals surface area contributed by atoms with Gasteiger partial charge in [0, 0.05) is 108 Å². The Bertz CT molecular complexity index is 3630. The lowest BCUT2D eigenvalue weighted by molar-refractivity contribution is -0.143. The first-order valence-corrected chi connectivity index (χ1v) is 33.3. The number of unbranched alkanes of at least 4 members (excludes halogenated alkanes) is 2. The number of nitrogens with one attached hydrogen (secondary N) is 2. The van der Waals surface area contributed by atoms with Crippen molar-refractivity contribution in [1.82, 2.24) is 24.5 Å².